The normalized spacial score (nSPS) is 14.8. The summed E-state index contributed by atoms with van der Waals surface area (Å²) in [5.74, 6) is 0.206. The van der Waals surface area contributed by atoms with Crippen LogP contribution in [-0.4, -0.2) is 82.0 Å². The van der Waals surface area contributed by atoms with E-state index in [2.05, 4.69) is 62.6 Å². The number of esters is 1. The summed E-state index contributed by atoms with van der Waals surface area (Å²) in [6, 6.07) is -0.0726. The Morgan fingerprint density at radius 2 is 1.13 bits per heavy atom. The third-order valence-corrected chi connectivity index (χ3v) is 10.3. The molecule has 0 aliphatic carbocycles. The van der Waals surface area contributed by atoms with Gasteiger partial charge in [-0.25, -0.2) is 4.79 Å². The Balaban J connectivity index is -0.00000109. The van der Waals surface area contributed by atoms with Gasteiger partial charge in [-0.05, 0) is 70.8 Å². The molecule has 0 bridgehead atoms. The molecule has 1 fully saturated rings. The van der Waals surface area contributed by atoms with Gasteiger partial charge in [0.05, 0.1) is 6.54 Å². The quantitative estimate of drug-likeness (QED) is 0.0211. The minimum Gasteiger partial charge on any atom is -0.460 e. The van der Waals surface area contributed by atoms with Crippen LogP contribution in [0, 0.1) is 5.92 Å². The van der Waals surface area contributed by atoms with Gasteiger partial charge in [0.1, 0.15) is 12.4 Å². The minimum atomic E-state index is -0.190. The van der Waals surface area contributed by atoms with Gasteiger partial charge in [-0.1, -0.05) is 176 Å². The maximum absolute atomic E-state index is 12.3. The van der Waals surface area contributed by atoms with Crippen molar-refractivity contribution in [2.75, 3.05) is 46.4 Å². The van der Waals surface area contributed by atoms with Crippen LogP contribution in [0.4, 0.5) is 4.79 Å². The number of hydrogen-bond donors (Lipinski definition) is 2. The lowest BCUT2D eigenvalue weighted by Gasteiger charge is -2.36. The summed E-state index contributed by atoms with van der Waals surface area (Å²) < 4.78 is 17.3. The molecule has 0 radical (unpaired) electrons. The molecular formula is C52H103N3O6. The van der Waals surface area contributed by atoms with Crippen molar-refractivity contribution in [3.8, 4) is 0 Å². The zero-order chi connectivity index (χ0) is 45.9. The number of urea groups is 1. The van der Waals surface area contributed by atoms with Crippen LogP contribution < -0.4 is 10.6 Å². The number of likely N-dealkylation sites (N-methyl/N-ethyl adjacent to an activating group) is 1. The first-order valence-corrected chi connectivity index (χ1v) is 25.7. The zero-order valence-corrected chi connectivity index (χ0v) is 41.9. The maximum Gasteiger partial charge on any atom is 0.317 e. The smallest absolute Gasteiger partial charge is 0.317 e. The first-order valence-electron chi connectivity index (χ1n) is 25.7. The van der Waals surface area contributed by atoms with Gasteiger partial charge in [-0.15, -0.1) is 0 Å². The molecule has 362 valence electrons. The molecule has 0 spiro atoms. The molecule has 2 atom stereocenters. The van der Waals surface area contributed by atoms with E-state index < -0.39 is 0 Å². The Morgan fingerprint density at radius 1 is 0.639 bits per heavy atom. The molecule has 2 unspecified atom stereocenters. The molecule has 0 aromatic heterocycles. The van der Waals surface area contributed by atoms with Gasteiger partial charge in [-0.2, -0.15) is 0 Å². The van der Waals surface area contributed by atoms with Crippen LogP contribution in [-0.2, 0) is 23.8 Å². The molecule has 0 saturated carbocycles. The lowest BCUT2D eigenvalue weighted by molar-refractivity contribution is -0.152. The number of allylic oxidation sites excluding steroid dienone is 4. The maximum atomic E-state index is 12.3. The van der Waals surface area contributed by atoms with Crippen molar-refractivity contribution in [1.82, 2.24) is 15.5 Å². The van der Waals surface area contributed by atoms with Crippen LogP contribution >= 0.6 is 0 Å². The Bertz CT molecular complexity index is 943. The van der Waals surface area contributed by atoms with Gasteiger partial charge in [0.15, 0.2) is 6.29 Å². The Labute approximate surface area is 379 Å². The van der Waals surface area contributed by atoms with Crippen LogP contribution in [0.1, 0.15) is 229 Å². The fourth-order valence-corrected chi connectivity index (χ4v) is 6.89. The minimum absolute atomic E-state index is 0.0726. The van der Waals surface area contributed by atoms with Gasteiger partial charge in [0.2, 0.25) is 0 Å². The predicted octanol–water partition coefficient (Wildman–Crippen LogP) is 14.1. The van der Waals surface area contributed by atoms with E-state index in [1.807, 2.05) is 34.7 Å². The van der Waals surface area contributed by atoms with Gasteiger partial charge >= 0.3 is 12.0 Å². The largest absolute Gasteiger partial charge is 0.460 e. The average Bonchev–Trinajstić information content (AvgIpc) is 3.27. The number of carbonyl (C=O) groups excluding carboxylic acids is 3. The van der Waals surface area contributed by atoms with E-state index in [4.69, 9.17) is 14.2 Å². The van der Waals surface area contributed by atoms with E-state index in [9.17, 15) is 14.4 Å². The number of hydrogen-bond acceptors (Lipinski definition) is 7. The molecule has 0 aromatic carbocycles. The second kappa shape index (κ2) is 53.9. The third kappa shape index (κ3) is 47.1. The molecule has 61 heavy (non-hydrogen) atoms. The standard InChI is InChI=1S/C28H51N3O3.C20H40O3.2C2H6/c1-4-5-6-7-8-9-10-11-12-13-14-15-16-17-18-19-27(32)34-26-22-25(2)23-31(24-26)28(33)30-21-20-29-3;1-3-5-7-9-11-13-18-22-20(16-15-17-21)23-19-14-12-10-8-6-4-2;2*1-2/h8-9,11-12,25-26,29H,4-7,10,13-24H2,1-3H3,(H,30,33);17,20H,3-16,18-19H2,1-2H3;2*1-2H3/b9-8-,12-11-;;;. The molecule has 1 rings (SSSR count). The second-order valence-electron chi connectivity index (χ2n) is 16.1. The summed E-state index contributed by atoms with van der Waals surface area (Å²) in [6.45, 7) is 20.9. The summed E-state index contributed by atoms with van der Waals surface area (Å²) in [4.78, 5) is 36.9. The number of nitrogens with zero attached hydrogens (tertiary/aromatic N) is 1. The number of unbranched alkanes of at least 4 members (excludes halogenated alkanes) is 18. The van der Waals surface area contributed by atoms with Crippen molar-refractivity contribution in [3.05, 3.63) is 24.3 Å². The van der Waals surface area contributed by atoms with Gasteiger partial charge in [0.25, 0.3) is 0 Å². The number of piperidine rings is 1. The van der Waals surface area contributed by atoms with Gasteiger partial charge < -0.3 is 34.5 Å². The molecule has 9 heteroatoms. The van der Waals surface area contributed by atoms with Crippen molar-refractivity contribution >= 4 is 18.3 Å². The fraction of sp³-hybridized carbons (Fsp3) is 0.865. The predicted molar refractivity (Wildman–Crippen MR) is 262 cm³/mol. The zero-order valence-electron chi connectivity index (χ0n) is 41.9. The summed E-state index contributed by atoms with van der Waals surface area (Å²) in [5, 5.41) is 5.92. The average molecular weight is 866 g/mol. The molecule has 1 heterocycles. The number of ether oxygens (including phenoxy) is 3. The molecule has 1 saturated heterocycles. The monoisotopic (exact) mass is 866 g/mol. The van der Waals surface area contributed by atoms with E-state index in [0.717, 1.165) is 71.0 Å². The number of nitrogens with one attached hydrogen (secondary N) is 2. The Morgan fingerprint density at radius 3 is 1.67 bits per heavy atom. The van der Waals surface area contributed by atoms with Crippen molar-refractivity contribution in [2.45, 2.75) is 241 Å². The van der Waals surface area contributed by atoms with E-state index in [-0.39, 0.29) is 24.4 Å². The molecule has 1 aliphatic heterocycles. The van der Waals surface area contributed by atoms with Crippen LogP contribution in [0.5, 0.6) is 0 Å². The first kappa shape index (κ1) is 63.1. The third-order valence-electron chi connectivity index (χ3n) is 10.3. The summed E-state index contributed by atoms with van der Waals surface area (Å²) >= 11 is 0. The highest BCUT2D eigenvalue weighted by atomic mass is 16.7. The van der Waals surface area contributed by atoms with Crippen LogP contribution in [0.15, 0.2) is 24.3 Å². The highest BCUT2D eigenvalue weighted by molar-refractivity contribution is 5.74. The highest BCUT2D eigenvalue weighted by Gasteiger charge is 2.30. The van der Waals surface area contributed by atoms with E-state index >= 15 is 0 Å². The highest BCUT2D eigenvalue weighted by Crippen LogP contribution is 2.20. The van der Waals surface area contributed by atoms with Crippen LogP contribution in [0.25, 0.3) is 0 Å². The van der Waals surface area contributed by atoms with E-state index in [1.165, 1.54) is 109 Å². The van der Waals surface area contributed by atoms with Crippen LogP contribution in [0.2, 0.25) is 0 Å². The summed E-state index contributed by atoms with van der Waals surface area (Å²) in [6.07, 6.45) is 40.3. The van der Waals surface area contributed by atoms with Crippen LogP contribution in [0.3, 0.4) is 0 Å². The SMILES string of the molecule is CC.CC.CCCCC/C=C\C/C=C\CCCCCCCC(=O)OC1CC(C)CN(C(=O)NCCNC)C1.CCCCCCCCOC(CCC=O)OCCCCCCCC. The molecule has 2 N–H and O–H groups in total. The molecule has 1 aliphatic rings. The summed E-state index contributed by atoms with van der Waals surface area (Å²) in [7, 11) is 1.86. The Kier molecular flexibility index (Phi) is 55.7. The second-order valence-corrected chi connectivity index (χ2v) is 16.1. The van der Waals surface area contributed by atoms with Crippen molar-refractivity contribution in [1.29, 1.82) is 0 Å². The molecule has 9 nitrogen and oxygen atoms in total. The van der Waals surface area contributed by atoms with Crippen molar-refractivity contribution < 1.29 is 28.6 Å². The lowest BCUT2D eigenvalue weighted by atomic mass is 9.98. The van der Waals surface area contributed by atoms with E-state index in [0.29, 0.717) is 44.8 Å². The topological polar surface area (TPSA) is 106 Å². The Hall–Kier alpha value is -2.23. The fourth-order valence-electron chi connectivity index (χ4n) is 6.89. The number of aldehydes is 1. The number of amides is 2. The summed E-state index contributed by atoms with van der Waals surface area (Å²) in [5.41, 5.74) is 0. The molecular weight excluding hydrogens is 763 g/mol. The number of likely N-dealkylation sites (tertiary alicyclic amines) is 1. The number of carbonyl (C=O) groups is 3. The van der Waals surface area contributed by atoms with Crippen molar-refractivity contribution in [3.63, 3.8) is 0 Å². The van der Waals surface area contributed by atoms with Gasteiger partial charge in [0, 0.05) is 52.1 Å². The molecule has 2 amide bonds. The molecule has 0 aromatic rings. The van der Waals surface area contributed by atoms with Crippen molar-refractivity contribution in [2.24, 2.45) is 5.92 Å². The number of rotatable bonds is 37. The van der Waals surface area contributed by atoms with E-state index in [1.54, 1.807) is 4.90 Å². The lowest BCUT2D eigenvalue weighted by Crippen LogP contribution is -2.51. The first-order chi connectivity index (χ1) is 29.9. The van der Waals surface area contributed by atoms with Gasteiger partial charge in [-0.3, -0.25) is 4.79 Å².